The Morgan fingerprint density at radius 2 is 1.88 bits per heavy atom. The number of thiazole rings is 1. The number of nitrogens with one attached hydrogen (secondary N) is 2. The maximum absolute atomic E-state index is 13.8. The summed E-state index contributed by atoms with van der Waals surface area (Å²) in [5.74, 6) is -1.14. The van der Waals surface area contributed by atoms with Crippen molar-refractivity contribution < 1.29 is 31.1 Å². The number of halogens is 7. The molecule has 3 aromatic rings. The predicted molar refractivity (Wildman–Crippen MR) is 115 cm³/mol. The lowest BCUT2D eigenvalue weighted by atomic mass is 10.1. The minimum Gasteiger partial charge on any atom is -0.388 e. The van der Waals surface area contributed by atoms with Gasteiger partial charge in [0.1, 0.15) is 0 Å². The Morgan fingerprint density at radius 1 is 1.18 bits per heavy atom. The standard InChI is InChI=1S/C19H16F6N6OS.ClH/c20-18(21,22)11-4-1-3-10(7-11)13-9-33-17(30-13)31-15(19(23,24)25)12(8-29-31)16(32)28-6-2-5-14(26)27;/h1,3-4,7-9H,2,5-6H2,(H3,26,27)(H,28,32);1H. The first-order valence-electron chi connectivity index (χ1n) is 9.27. The number of carbonyl (C=O) groups is 1. The summed E-state index contributed by atoms with van der Waals surface area (Å²) in [5.41, 5.74) is 2.26. The van der Waals surface area contributed by atoms with E-state index in [1.165, 1.54) is 17.5 Å². The van der Waals surface area contributed by atoms with Crippen molar-refractivity contribution in [2.45, 2.75) is 25.2 Å². The van der Waals surface area contributed by atoms with Gasteiger partial charge in [-0.05, 0) is 18.6 Å². The number of nitrogens with zero attached hydrogens (tertiary/aromatic N) is 3. The molecule has 0 aliphatic carbocycles. The highest BCUT2D eigenvalue weighted by molar-refractivity contribution is 7.12. The zero-order valence-corrected chi connectivity index (χ0v) is 18.6. The molecule has 7 nitrogen and oxygen atoms in total. The van der Waals surface area contributed by atoms with Gasteiger partial charge in [-0.3, -0.25) is 10.2 Å². The highest BCUT2D eigenvalue weighted by Crippen LogP contribution is 2.36. The first-order valence-corrected chi connectivity index (χ1v) is 10.2. The molecule has 4 N–H and O–H groups in total. The van der Waals surface area contributed by atoms with Crippen molar-refractivity contribution >= 4 is 35.5 Å². The summed E-state index contributed by atoms with van der Waals surface area (Å²) in [6, 6.07) is 4.22. The van der Waals surface area contributed by atoms with Crippen molar-refractivity contribution in [1.82, 2.24) is 20.1 Å². The largest absolute Gasteiger partial charge is 0.434 e. The molecule has 0 fully saturated rings. The molecule has 0 aliphatic rings. The summed E-state index contributed by atoms with van der Waals surface area (Å²) < 4.78 is 80.6. The lowest BCUT2D eigenvalue weighted by Crippen LogP contribution is -2.28. The first kappa shape index (κ1) is 27.1. The lowest BCUT2D eigenvalue weighted by molar-refractivity contribution is -0.143. The fourth-order valence-corrected chi connectivity index (χ4v) is 3.65. The molecular weight excluding hydrogens is 510 g/mol. The van der Waals surface area contributed by atoms with E-state index in [0.29, 0.717) is 4.68 Å². The van der Waals surface area contributed by atoms with Crippen LogP contribution in [0.1, 0.15) is 34.5 Å². The third-order valence-electron chi connectivity index (χ3n) is 4.35. The van der Waals surface area contributed by atoms with Crippen LogP contribution in [0, 0.1) is 5.41 Å². The number of amides is 1. The SMILES string of the molecule is Cl.N=C(N)CCCNC(=O)c1cnn(-c2nc(-c3cccc(C(F)(F)F)c3)cs2)c1C(F)(F)F. The molecule has 2 heterocycles. The van der Waals surface area contributed by atoms with E-state index in [2.05, 4.69) is 15.4 Å². The van der Waals surface area contributed by atoms with Gasteiger partial charge in [0.25, 0.3) is 5.91 Å². The summed E-state index contributed by atoms with van der Waals surface area (Å²) in [7, 11) is 0. The van der Waals surface area contributed by atoms with Crippen molar-refractivity contribution in [2.24, 2.45) is 5.73 Å². The number of hydrogen-bond acceptors (Lipinski definition) is 5. The maximum Gasteiger partial charge on any atom is 0.434 e. The Bertz CT molecular complexity index is 1170. The van der Waals surface area contributed by atoms with Crippen LogP contribution < -0.4 is 11.1 Å². The summed E-state index contributed by atoms with van der Waals surface area (Å²) in [6.45, 7) is -0.00215. The van der Waals surface area contributed by atoms with Gasteiger partial charge in [0, 0.05) is 23.9 Å². The molecule has 1 aromatic carbocycles. The molecule has 0 aliphatic heterocycles. The number of hydrogen-bond donors (Lipinski definition) is 3. The lowest BCUT2D eigenvalue weighted by Gasteiger charge is -2.11. The van der Waals surface area contributed by atoms with Crippen LogP contribution in [0.3, 0.4) is 0 Å². The molecule has 1 amide bonds. The normalized spacial score (nSPS) is 11.7. The summed E-state index contributed by atoms with van der Waals surface area (Å²) in [6.07, 6.45) is -8.38. The number of alkyl halides is 6. The predicted octanol–water partition coefficient (Wildman–Crippen LogP) is 4.90. The number of carbonyl (C=O) groups excluding carboxylic acids is 1. The molecule has 0 radical (unpaired) electrons. The summed E-state index contributed by atoms with van der Waals surface area (Å²) in [4.78, 5) is 16.3. The van der Waals surface area contributed by atoms with E-state index in [4.69, 9.17) is 11.1 Å². The van der Waals surface area contributed by atoms with E-state index in [-0.39, 0.29) is 54.0 Å². The van der Waals surface area contributed by atoms with Gasteiger partial charge >= 0.3 is 12.4 Å². The quantitative estimate of drug-likeness (QED) is 0.176. The fourth-order valence-electron chi connectivity index (χ4n) is 2.86. The minimum atomic E-state index is -4.97. The smallest absolute Gasteiger partial charge is 0.388 e. The zero-order chi connectivity index (χ0) is 24.4. The second-order valence-corrected chi connectivity index (χ2v) is 7.63. The second kappa shape index (κ2) is 10.4. The van der Waals surface area contributed by atoms with Gasteiger partial charge in [0.2, 0.25) is 5.13 Å². The average molecular weight is 527 g/mol. The van der Waals surface area contributed by atoms with Crippen LogP contribution in [0.15, 0.2) is 35.8 Å². The Hall–Kier alpha value is -3.13. The van der Waals surface area contributed by atoms with E-state index in [0.717, 1.165) is 29.7 Å². The number of benzene rings is 1. The Kier molecular flexibility index (Phi) is 8.31. The molecule has 34 heavy (non-hydrogen) atoms. The third-order valence-corrected chi connectivity index (χ3v) is 5.17. The Labute approximate surface area is 198 Å². The molecular formula is C19H17ClF6N6OS. The molecule has 0 bridgehead atoms. The highest BCUT2D eigenvalue weighted by Gasteiger charge is 2.41. The van der Waals surface area contributed by atoms with Gasteiger partial charge in [0.15, 0.2) is 5.69 Å². The number of nitrogens with two attached hydrogens (primary N) is 1. The number of rotatable bonds is 7. The van der Waals surface area contributed by atoms with Crippen LogP contribution in [0.4, 0.5) is 26.3 Å². The minimum absolute atomic E-state index is 0. The van der Waals surface area contributed by atoms with Crippen LogP contribution in [0.5, 0.6) is 0 Å². The number of amidine groups is 1. The monoisotopic (exact) mass is 526 g/mol. The zero-order valence-electron chi connectivity index (χ0n) is 17.0. The van der Waals surface area contributed by atoms with Gasteiger partial charge in [-0.1, -0.05) is 12.1 Å². The van der Waals surface area contributed by atoms with Crippen LogP contribution in [-0.4, -0.2) is 33.1 Å². The van der Waals surface area contributed by atoms with Crippen molar-refractivity contribution in [3.8, 4) is 16.4 Å². The van der Waals surface area contributed by atoms with E-state index >= 15 is 0 Å². The molecule has 0 spiro atoms. The van der Waals surface area contributed by atoms with Crippen LogP contribution >= 0.6 is 23.7 Å². The first-order chi connectivity index (χ1) is 15.4. The van der Waals surface area contributed by atoms with Crippen molar-refractivity contribution in [2.75, 3.05) is 6.54 Å². The van der Waals surface area contributed by atoms with Gasteiger partial charge in [-0.2, -0.15) is 31.4 Å². The van der Waals surface area contributed by atoms with Gasteiger partial charge in [0.05, 0.1) is 28.9 Å². The van der Waals surface area contributed by atoms with E-state index < -0.39 is 35.1 Å². The van der Waals surface area contributed by atoms with Gasteiger partial charge in [-0.25, -0.2) is 9.67 Å². The molecule has 0 saturated heterocycles. The van der Waals surface area contributed by atoms with E-state index in [1.807, 2.05) is 0 Å². The topological polar surface area (TPSA) is 110 Å². The maximum atomic E-state index is 13.8. The molecule has 0 unspecified atom stereocenters. The summed E-state index contributed by atoms with van der Waals surface area (Å²) >= 11 is 0.730. The van der Waals surface area contributed by atoms with Crippen LogP contribution in [0.25, 0.3) is 16.4 Å². The molecule has 184 valence electrons. The fraction of sp³-hybridized carbons (Fsp3) is 0.263. The number of aromatic nitrogens is 3. The van der Waals surface area contributed by atoms with E-state index in [9.17, 15) is 31.1 Å². The molecule has 2 aromatic heterocycles. The Balaban J connectivity index is 0.00000408. The molecule has 0 atom stereocenters. The molecule has 0 saturated carbocycles. The van der Waals surface area contributed by atoms with Crippen LogP contribution in [-0.2, 0) is 12.4 Å². The van der Waals surface area contributed by atoms with E-state index in [1.54, 1.807) is 0 Å². The Morgan fingerprint density at radius 3 is 2.50 bits per heavy atom. The summed E-state index contributed by atoms with van der Waals surface area (Å²) in [5, 5.41) is 14.1. The van der Waals surface area contributed by atoms with Crippen molar-refractivity contribution in [3.63, 3.8) is 0 Å². The van der Waals surface area contributed by atoms with Crippen molar-refractivity contribution in [1.29, 1.82) is 5.41 Å². The third kappa shape index (κ3) is 6.26. The average Bonchev–Trinajstić information content (AvgIpc) is 3.37. The molecule has 15 heteroatoms. The van der Waals surface area contributed by atoms with Crippen molar-refractivity contribution in [3.05, 3.63) is 52.7 Å². The highest BCUT2D eigenvalue weighted by atomic mass is 35.5. The van der Waals surface area contributed by atoms with Gasteiger partial charge in [-0.15, -0.1) is 23.7 Å². The van der Waals surface area contributed by atoms with Gasteiger partial charge < -0.3 is 11.1 Å². The second-order valence-electron chi connectivity index (χ2n) is 6.79. The molecule has 3 rings (SSSR count). The van der Waals surface area contributed by atoms with Crippen LogP contribution in [0.2, 0.25) is 0 Å².